The fraction of sp³-hybridized carbons (Fsp3) is 0.923. The van der Waals surface area contributed by atoms with E-state index in [0.717, 1.165) is 12.8 Å². The minimum Gasteiger partial charge on any atom is -0.354 e. The van der Waals surface area contributed by atoms with Gasteiger partial charge in [0.25, 0.3) is 0 Å². The van der Waals surface area contributed by atoms with E-state index in [2.05, 4.69) is 10.6 Å². The van der Waals surface area contributed by atoms with Crippen molar-refractivity contribution in [3.63, 3.8) is 0 Å². The normalized spacial score (nSPS) is 29.3. The van der Waals surface area contributed by atoms with E-state index < -0.39 is 18.8 Å². The third-order valence-electron chi connectivity index (χ3n) is 4.35. The molecule has 0 bridgehead atoms. The van der Waals surface area contributed by atoms with Gasteiger partial charge in [-0.25, -0.2) is 0 Å². The zero-order chi connectivity index (χ0) is 15.5. The minimum absolute atomic E-state index is 0.228. The van der Waals surface area contributed by atoms with Crippen molar-refractivity contribution in [2.75, 3.05) is 32.7 Å². The molecule has 0 aromatic heterocycles. The first kappa shape index (κ1) is 16.5. The summed E-state index contributed by atoms with van der Waals surface area (Å²) in [5, 5.41) is 5.48. The molecule has 0 aromatic carbocycles. The van der Waals surface area contributed by atoms with Gasteiger partial charge in [0, 0.05) is 38.8 Å². The Bertz CT molecular complexity index is 358. The van der Waals surface area contributed by atoms with Crippen LogP contribution in [0.2, 0.25) is 0 Å². The average Bonchev–Trinajstić information content (AvgIpc) is 2.85. The van der Waals surface area contributed by atoms with Crippen molar-refractivity contribution in [2.45, 2.75) is 37.5 Å². The Morgan fingerprint density at radius 2 is 2.00 bits per heavy atom. The smallest absolute Gasteiger partial charge is 0.354 e. The first-order valence-corrected chi connectivity index (χ1v) is 7.44. The fourth-order valence-corrected chi connectivity index (χ4v) is 3.09. The van der Waals surface area contributed by atoms with Crippen LogP contribution in [0.1, 0.15) is 19.3 Å². The number of carbonyl (C=O) groups excluding carboxylic acids is 1. The Hall–Kier alpha value is -0.860. The average molecular weight is 308 g/mol. The second-order valence-corrected chi connectivity index (χ2v) is 5.79. The molecular formula is C13H23F3N4O. The van der Waals surface area contributed by atoms with Crippen LogP contribution in [-0.4, -0.2) is 61.8 Å². The number of carbonyl (C=O) groups is 1. The molecule has 8 heteroatoms. The van der Waals surface area contributed by atoms with E-state index in [1.54, 1.807) is 0 Å². The molecule has 1 saturated carbocycles. The number of rotatable bonds is 4. The molecule has 3 atom stereocenters. The van der Waals surface area contributed by atoms with Crippen molar-refractivity contribution in [1.29, 1.82) is 0 Å². The first-order valence-electron chi connectivity index (χ1n) is 7.44. The highest BCUT2D eigenvalue weighted by atomic mass is 19.4. The van der Waals surface area contributed by atoms with E-state index in [1.165, 1.54) is 4.90 Å². The summed E-state index contributed by atoms with van der Waals surface area (Å²) in [6, 6.07) is -1.85. The SMILES string of the molecule is NC1CCCC1C(=O)NCC(N1CCNCC1)C(F)(F)F. The summed E-state index contributed by atoms with van der Waals surface area (Å²) in [4.78, 5) is 13.4. The Morgan fingerprint density at radius 1 is 1.33 bits per heavy atom. The number of amides is 1. The van der Waals surface area contributed by atoms with Crippen LogP contribution in [0.5, 0.6) is 0 Å². The number of alkyl halides is 3. The lowest BCUT2D eigenvalue weighted by molar-refractivity contribution is -0.184. The predicted octanol–water partition coefficient (Wildman–Crippen LogP) is 0.0661. The van der Waals surface area contributed by atoms with Crippen molar-refractivity contribution in [3.8, 4) is 0 Å². The van der Waals surface area contributed by atoms with Gasteiger partial charge in [0.05, 0.1) is 5.92 Å². The summed E-state index contributed by atoms with van der Waals surface area (Å²) in [5.41, 5.74) is 5.81. The Kier molecular flexibility index (Phi) is 5.45. The molecule has 2 fully saturated rings. The molecule has 0 radical (unpaired) electrons. The zero-order valence-corrected chi connectivity index (χ0v) is 12.0. The van der Waals surface area contributed by atoms with Crippen LogP contribution in [0, 0.1) is 5.92 Å². The molecule has 2 aliphatic rings. The van der Waals surface area contributed by atoms with Gasteiger partial charge in [-0.05, 0) is 12.8 Å². The molecule has 2 rings (SSSR count). The Labute approximate surface area is 122 Å². The number of nitrogens with two attached hydrogens (primary N) is 1. The van der Waals surface area contributed by atoms with Crippen LogP contribution in [0.4, 0.5) is 13.2 Å². The van der Waals surface area contributed by atoms with Gasteiger partial charge in [-0.3, -0.25) is 9.69 Å². The van der Waals surface area contributed by atoms with Gasteiger partial charge in [0.1, 0.15) is 6.04 Å². The number of hydrogen-bond acceptors (Lipinski definition) is 4. The summed E-state index contributed by atoms with van der Waals surface area (Å²) in [5.74, 6) is -0.689. The molecule has 21 heavy (non-hydrogen) atoms. The maximum absolute atomic E-state index is 13.2. The highest BCUT2D eigenvalue weighted by Gasteiger charge is 2.44. The molecule has 1 aliphatic carbocycles. The second kappa shape index (κ2) is 6.93. The molecule has 4 N–H and O–H groups in total. The highest BCUT2D eigenvalue weighted by molar-refractivity contribution is 5.79. The predicted molar refractivity (Wildman–Crippen MR) is 72.6 cm³/mol. The van der Waals surface area contributed by atoms with Crippen molar-refractivity contribution in [3.05, 3.63) is 0 Å². The van der Waals surface area contributed by atoms with Crippen molar-refractivity contribution < 1.29 is 18.0 Å². The summed E-state index contributed by atoms with van der Waals surface area (Å²) < 4.78 is 39.5. The molecule has 5 nitrogen and oxygen atoms in total. The van der Waals surface area contributed by atoms with Gasteiger partial charge in [-0.1, -0.05) is 6.42 Å². The lowest BCUT2D eigenvalue weighted by atomic mass is 10.0. The topological polar surface area (TPSA) is 70.4 Å². The van der Waals surface area contributed by atoms with Crippen LogP contribution in [0.15, 0.2) is 0 Å². The number of hydrogen-bond donors (Lipinski definition) is 3. The highest BCUT2D eigenvalue weighted by Crippen LogP contribution is 2.26. The van der Waals surface area contributed by atoms with Gasteiger partial charge in [-0.15, -0.1) is 0 Å². The van der Waals surface area contributed by atoms with Gasteiger partial charge in [-0.2, -0.15) is 13.2 Å². The molecular weight excluding hydrogens is 285 g/mol. The second-order valence-electron chi connectivity index (χ2n) is 5.79. The Morgan fingerprint density at radius 3 is 2.52 bits per heavy atom. The van der Waals surface area contributed by atoms with E-state index in [4.69, 9.17) is 5.73 Å². The van der Waals surface area contributed by atoms with E-state index in [9.17, 15) is 18.0 Å². The monoisotopic (exact) mass is 308 g/mol. The van der Waals surface area contributed by atoms with Gasteiger partial charge in [0.2, 0.25) is 5.91 Å². The van der Waals surface area contributed by atoms with Gasteiger partial charge >= 0.3 is 6.18 Å². The largest absolute Gasteiger partial charge is 0.405 e. The van der Waals surface area contributed by atoms with Crippen LogP contribution in [0.3, 0.4) is 0 Å². The maximum Gasteiger partial charge on any atom is 0.405 e. The third kappa shape index (κ3) is 4.31. The molecule has 3 unspecified atom stereocenters. The minimum atomic E-state index is -4.34. The van der Waals surface area contributed by atoms with Gasteiger partial charge < -0.3 is 16.4 Å². The summed E-state index contributed by atoms with van der Waals surface area (Å²) in [6.07, 6.45) is -2.06. The van der Waals surface area contributed by atoms with Crippen molar-refractivity contribution >= 4 is 5.91 Å². The molecule has 0 aromatic rings. The number of nitrogens with zero attached hydrogens (tertiary/aromatic N) is 1. The molecule has 0 spiro atoms. The van der Waals surface area contributed by atoms with Crippen LogP contribution >= 0.6 is 0 Å². The number of piperazine rings is 1. The van der Waals surface area contributed by atoms with Crippen molar-refractivity contribution in [1.82, 2.24) is 15.5 Å². The lowest BCUT2D eigenvalue weighted by Gasteiger charge is -2.36. The standard InChI is InChI=1S/C13H23F3N4O/c14-13(15,16)11(20-6-4-18-5-7-20)8-19-12(21)9-2-1-3-10(9)17/h9-11,18H,1-8,17H2,(H,19,21). The quantitative estimate of drug-likeness (QED) is 0.687. The van der Waals surface area contributed by atoms with E-state index in [0.29, 0.717) is 32.6 Å². The molecule has 1 saturated heterocycles. The number of nitrogens with one attached hydrogen (secondary N) is 2. The fourth-order valence-electron chi connectivity index (χ4n) is 3.09. The maximum atomic E-state index is 13.2. The summed E-state index contributed by atoms with van der Waals surface area (Å²) in [7, 11) is 0. The van der Waals surface area contributed by atoms with Crippen molar-refractivity contribution in [2.24, 2.45) is 11.7 Å². The van der Waals surface area contributed by atoms with Gasteiger partial charge in [0.15, 0.2) is 0 Å². The van der Waals surface area contributed by atoms with Crippen LogP contribution in [0.25, 0.3) is 0 Å². The van der Waals surface area contributed by atoms with E-state index >= 15 is 0 Å². The summed E-state index contributed by atoms with van der Waals surface area (Å²) in [6.45, 7) is 1.35. The van der Waals surface area contributed by atoms with Crippen LogP contribution < -0.4 is 16.4 Å². The molecule has 1 aliphatic heterocycles. The lowest BCUT2D eigenvalue weighted by Crippen LogP contribution is -2.58. The molecule has 1 heterocycles. The van der Waals surface area contributed by atoms with E-state index in [-0.39, 0.29) is 17.9 Å². The molecule has 122 valence electrons. The Balaban J connectivity index is 1.91. The first-order chi connectivity index (χ1) is 9.89. The van der Waals surface area contributed by atoms with Crippen LogP contribution in [-0.2, 0) is 4.79 Å². The third-order valence-corrected chi connectivity index (χ3v) is 4.35. The molecule has 1 amide bonds. The summed E-state index contributed by atoms with van der Waals surface area (Å²) >= 11 is 0. The van der Waals surface area contributed by atoms with E-state index in [1.807, 2.05) is 0 Å². The zero-order valence-electron chi connectivity index (χ0n) is 12.0. The number of halogens is 3.